The van der Waals surface area contributed by atoms with E-state index >= 15 is 0 Å². The summed E-state index contributed by atoms with van der Waals surface area (Å²) in [6.07, 6.45) is 7.16. The predicted molar refractivity (Wildman–Crippen MR) is 83.8 cm³/mol. The number of nitrogens with two attached hydrogens (primary N) is 1. The normalized spacial score (nSPS) is 18.7. The van der Waals surface area contributed by atoms with E-state index in [9.17, 15) is 8.42 Å². The van der Waals surface area contributed by atoms with Crippen molar-refractivity contribution in [2.75, 3.05) is 19.4 Å². The zero-order valence-corrected chi connectivity index (χ0v) is 13.2. The minimum absolute atomic E-state index is 0.0967. The lowest BCUT2D eigenvalue weighted by Gasteiger charge is -2.19. The molecule has 0 saturated heterocycles. The van der Waals surface area contributed by atoms with E-state index in [1.807, 2.05) is 6.92 Å². The summed E-state index contributed by atoms with van der Waals surface area (Å²) in [6.45, 7) is 2.25. The van der Waals surface area contributed by atoms with Gasteiger partial charge < -0.3 is 10.5 Å². The number of nitrogen functional groups attached to an aromatic ring is 1. The van der Waals surface area contributed by atoms with Gasteiger partial charge in [0.25, 0.3) is 0 Å². The largest absolute Gasteiger partial charge is 0.495 e. The first-order chi connectivity index (χ1) is 9.94. The van der Waals surface area contributed by atoms with Crippen LogP contribution in [0.25, 0.3) is 0 Å². The van der Waals surface area contributed by atoms with E-state index in [1.165, 1.54) is 13.2 Å². The molecule has 0 saturated carbocycles. The van der Waals surface area contributed by atoms with Crippen molar-refractivity contribution in [2.45, 2.75) is 31.1 Å². The maximum absolute atomic E-state index is 12.5. The lowest BCUT2D eigenvalue weighted by molar-refractivity contribution is 0.401. The van der Waals surface area contributed by atoms with Crippen LogP contribution in [0.3, 0.4) is 0 Å². The number of hydrogen-bond donors (Lipinski definition) is 2. The smallest absolute Gasteiger partial charge is 0.244 e. The second kappa shape index (κ2) is 6.49. The highest BCUT2D eigenvalue weighted by atomic mass is 32.2. The molecule has 0 aromatic heterocycles. The van der Waals surface area contributed by atoms with Crippen LogP contribution in [0.4, 0.5) is 5.69 Å². The van der Waals surface area contributed by atoms with Crippen molar-refractivity contribution >= 4 is 15.7 Å². The van der Waals surface area contributed by atoms with Gasteiger partial charge >= 0.3 is 0 Å². The number of anilines is 1. The lowest BCUT2D eigenvalue weighted by Crippen LogP contribution is -2.30. The molecule has 0 spiro atoms. The van der Waals surface area contributed by atoms with Gasteiger partial charge in [0.15, 0.2) is 0 Å². The molecular weight excluding hydrogens is 288 g/mol. The SMILES string of the molecule is COc1cc(C)c(N)cc1S(=O)(=O)NCC1CC=CCC1. The van der Waals surface area contributed by atoms with Crippen LogP contribution in [0.5, 0.6) is 5.75 Å². The highest BCUT2D eigenvalue weighted by molar-refractivity contribution is 7.89. The number of allylic oxidation sites excluding steroid dienone is 2. The molecular formula is C15H22N2O3S. The highest BCUT2D eigenvalue weighted by Gasteiger charge is 2.22. The highest BCUT2D eigenvalue weighted by Crippen LogP contribution is 2.29. The maximum Gasteiger partial charge on any atom is 0.244 e. The molecule has 6 heteroatoms. The lowest BCUT2D eigenvalue weighted by atomic mass is 9.95. The second-order valence-electron chi connectivity index (χ2n) is 5.36. The van der Waals surface area contributed by atoms with Gasteiger partial charge in [0.2, 0.25) is 10.0 Å². The van der Waals surface area contributed by atoms with Crippen LogP contribution in [0.2, 0.25) is 0 Å². The third-order valence-corrected chi connectivity index (χ3v) is 5.23. The number of methoxy groups -OCH3 is 1. The first kappa shape index (κ1) is 15.9. The van der Waals surface area contributed by atoms with E-state index < -0.39 is 10.0 Å². The summed E-state index contributed by atoms with van der Waals surface area (Å²) in [4.78, 5) is 0.0967. The van der Waals surface area contributed by atoms with Crippen LogP contribution in [-0.2, 0) is 10.0 Å². The molecule has 1 aromatic carbocycles. The van der Waals surface area contributed by atoms with Crippen molar-refractivity contribution in [3.8, 4) is 5.75 Å². The molecule has 0 aliphatic heterocycles. The number of rotatable bonds is 5. The number of nitrogens with one attached hydrogen (secondary N) is 1. The van der Waals surface area contributed by atoms with Crippen molar-refractivity contribution in [1.82, 2.24) is 4.72 Å². The summed E-state index contributed by atoms with van der Waals surface area (Å²) in [7, 11) is -2.17. The second-order valence-corrected chi connectivity index (χ2v) is 7.10. The molecule has 0 heterocycles. The quantitative estimate of drug-likeness (QED) is 0.645. The van der Waals surface area contributed by atoms with Gasteiger partial charge in [-0.25, -0.2) is 13.1 Å². The van der Waals surface area contributed by atoms with Gasteiger partial charge in [-0.05, 0) is 49.8 Å². The van der Waals surface area contributed by atoms with E-state index in [0.717, 1.165) is 24.8 Å². The number of sulfonamides is 1. The first-order valence-electron chi connectivity index (χ1n) is 7.03. The number of aryl methyl sites for hydroxylation is 1. The minimum Gasteiger partial charge on any atom is -0.495 e. The standard InChI is InChI=1S/C15H22N2O3S/c1-11-8-14(20-2)15(9-13(11)16)21(18,19)17-10-12-6-4-3-5-7-12/h3-4,8-9,12,17H,5-7,10,16H2,1-2H3. The zero-order chi connectivity index (χ0) is 15.5. The summed E-state index contributed by atoms with van der Waals surface area (Å²) in [5.74, 6) is 0.663. The fourth-order valence-electron chi connectivity index (χ4n) is 2.39. The molecule has 1 aromatic rings. The summed E-state index contributed by atoms with van der Waals surface area (Å²) in [5, 5.41) is 0. The molecule has 5 nitrogen and oxygen atoms in total. The Hall–Kier alpha value is -1.53. The van der Waals surface area contributed by atoms with Gasteiger partial charge in [-0.3, -0.25) is 0 Å². The predicted octanol–water partition coefficient (Wildman–Crippen LogP) is 2.22. The van der Waals surface area contributed by atoms with E-state index in [-0.39, 0.29) is 4.90 Å². The van der Waals surface area contributed by atoms with Gasteiger partial charge in [0.05, 0.1) is 7.11 Å². The monoisotopic (exact) mass is 310 g/mol. The summed E-state index contributed by atoms with van der Waals surface area (Å²) in [6, 6.07) is 3.10. The molecule has 3 N–H and O–H groups in total. The molecule has 0 amide bonds. The van der Waals surface area contributed by atoms with Crippen LogP contribution in [0.1, 0.15) is 24.8 Å². The fourth-order valence-corrected chi connectivity index (χ4v) is 3.69. The third kappa shape index (κ3) is 3.77. The molecule has 1 aliphatic rings. The molecule has 1 unspecified atom stereocenters. The van der Waals surface area contributed by atoms with Gasteiger partial charge in [-0.2, -0.15) is 0 Å². The molecule has 1 aliphatic carbocycles. The van der Waals surface area contributed by atoms with Crippen LogP contribution in [0, 0.1) is 12.8 Å². The van der Waals surface area contributed by atoms with Crippen LogP contribution in [0.15, 0.2) is 29.2 Å². The average molecular weight is 310 g/mol. The Bertz CT molecular complexity index is 639. The Kier molecular flexibility index (Phi) is 4.90. The zero-order valence-electron chi connectivity index (χ0n) is 12.4. The Morgan fingerprint density at radius 3 is 2.76 bits per heavy atom. The molecule has 2 rings (SSSR count). The van der Waals surface area contributed by atoms with E-state index in [4.69, 9.17) is 10.5 Å². The molecule has 1 atom stereocenters. The van der Waals surface area contributed by atoms with Crippen molar-refractivity contribution in [3.63, 3.8) is 0 Å². The Labute approximate surface area is 126 Å². The van der Waals surface area contributed by atoms with Gasteiger partial charge in [0, 0.05) is 12.2 Å². The van der Waals surface area contributed by atoms with Crippen LogP contribution < -0.4 is 15.2 Å². The van der Waals surface area contributed by atoms with Crippen LogP contribution >= 0.6 is 0 Å². The summed E-state index contributed by atoms with van der Waals surface area (Å²) < 4.78 is 32.7. The molecule has 0 bridgehead atoms. The number of hydrogen-bond acceptors (Lipinski definition) is 4. The molecule has 116 valence electrons. The fraction of sp³-hybridized carbons (Fsp3) is 0.467. The third-order valence-electron chi connectivity index (χ3n) is 3.78. The number of benzene rings is 1. The van der Waals surface area contributed by atoms with E-state index in [2.05, 4.69) is 16.9 Å². The van der Waals surface area contributed by atoms with E-state index in [1.54, 1.807) is 6.07 Å². The first-order valence-corrected chi connectivity index (χ1v) is 8.51. The number of ether oxygens (including phenoxy) is 1. The Balaban J connectivity index is 2.18. The van der Waals surface area contributed by atoms with Gasteiger partial charge in [0.1, 0.15) is 10.6 Å². The molecule has 21 heavy (non-hydrogen) atoms. The van der Waals surface area contributed by atoms with Crippen molar-refractivity contribution < 1.29 is 13.2 Å². The van der Waals surface area contributed by atoms with Crippen molar-refractivity contribution in [2.24, 2.45) is 5.92 Å². The summed E-state index contributed by atoms with van der Waals surface area (Å²) >= 11 is 0. The van der Waals surface area contributed by atoms with Gasteiger partial charge in [-0.1, -0.05) is 12.2 Å². The van der Waals surface area contributed by atoms with Gasteiger partial charge in [-0.15, -0.1) is 0 Å². The Morgan fingerprint density at radius 1 is 1.38 bits per heavy atom. The topological polar surface area (TPSA) is 81.4 Å². The molecule has 0 radical (unpaired) electrons. The van der Waals surface area contributed by atoms with Crippen LogP contribution in [-0.4, -0.2) is 22.1 Å². The minimum atomic E-state index is -3.62. The average Bonchev–Trinajstić information content (AvgIpc) is 2.48. The van der Waals surface area contributed by atoms with Crippen molar-refractivity contribution in [3.05, 3.63) is 29.8 Å². The Morgan fingerprint density at radius 2 is 2.14 bits per heavy atom. The summed E-state index contributed by atoms with van der Waals surface area (Å²) in [5.41, 5.74) is 7.06. The maximum atomic E-state index is 12.5. The van der Waals surface area contributed by atoms with E-state index in [0.29, 0.717) is 23.9 Å². The molecule has 0 fully saturated rings. The van der Waals surface area contributed by atoms with Crippen molar-refractivity contribution in [1.29, 1.82) is 0 Å².